The highest BCUT2D eigenvalue weighted by atomic mass is 79.9. The molecule has 0 aliphatic heterocycles. The van der Waals surface area contributed by atoms with Crippen molar-refractivity contribution in [3.63, 3.8) is 0 Å². The van der Waals surface area contributed by atoms with Gasteiger partial charge in [-0.2, -0.15) is 0 Å². The summed E-state index contributed by atoms with van der Waals surface area (Å²) in [6, 6.07) is 9.36. The molecular formula is C21H26BrCl2NO2. The van der Waals surface area contributed by atoms with Crippen LogP contribution >= 0.6 is 39.1 Å². The van der Waals surface area contributed by atoms with Crippen LogP contribution in [0, 0.1) is 5.92 Å². The summed E-state index contributed by atoms with van der Waals surface area (Å²) in [4.78, 5) is 0. The van der Waals surface area contributed by atoms with Crippen LogP contribution < -0.4 is 14.8 Å². The molecule has 2 aromatic carbocycles. The highest BCUT2D eigenvalue weighted by molar-refractivity contribution is 9.10. The molecule has 6 heteroatoms. The van der Waals surface area contributed by atoms with Crippen LogP contribution in [0.4, 0.5) is 0 Å². The second kappa shape index (κ2) is 11.2. The fourth-order valence-electron chi connectivity index (χ4n) is 2.50. The van der Waals surface area contributed by atoms with Gasteiger partial charge in [-0.3, -0.25) is 0 Å². The Morgan fingerprint density at radius 3 is 2.44 bits per heavy atom. The molecule has 27 heavy (non-hydrogen) atoms. The molecule has 0 unspecified atom stereocenters. The largest absolute Gasteiger partial charge is 0.490 e. The maximum Gasteiger partial charge on any atom is 0.162 e. The summed E-state index contributed by atoms with van der Waals surface area (Å²) in [6.07, 6.45) is 1.15. The molecule has 0 saturated carbocycles. The van der Waals surface area contributed by atoms with E-state index in [1.54, 1.807) is 12.1 Å². The molecule has 1 N–H and O–H groups in total. The second-order valence-electron chi connectivity index (χ2n) is 6.71. The first-order valence-corrected chi connectivity index (χ1v) is 10.7. The molecule has 0 aliphatic rings. The first kappa shape index (κ1) is 22.4. The summed E-state index contributed by atoms with van der Waals surface area (Å²) in [5.74, 6) is 2.10. The Kier molecular flexibility index (Phi) is 9.24. The Labute approximate surface area is 180 Å². The Hall–Kier alpha value is -0.940. The van der Waals surface area contributed by atoms with Crippen molar-refractivity contribution < 1.29 is 9.47 Å². The van der Waals surface area contributed by atoms with E-state index in [9.17, 15) is 0 Å². The summed E-state index contributed by atoms with van der Waals surface area (Å²) in [6.45, 7) is 9.09. The third-order valence-corrected chi connectivity index (χ3v) is 5.35. The summed E-state index contributed by atoms with van der Waals surface area (Å²) in [7, 11) is 0. The quantitative estimate of drug-likeness (QED) is 0.381. The van der Waals surface area contributed by atoms with E-state index in [0.717, 1.165) is 40.9 Å². The van der Waals surface area contributed by atoms with Crippen molar-refractivity contribution in [1.82, 2.24) is 5.32 Å². The van der Waals surface area contributed by atoms with Gasteiger partial charge < -0.3 is 14.8 Å². The zero-order chi connectivity index (χ0) is 19.8. The van der Waals surface area contributed by atoms with E-state index < -0.39 is 0 Å². The molecule has 0 saturated heterocycles. The number of halogens is 3. The third kappa shape index (κ3) is 7.19. The number of benzene rings is 2. The number of nitrogens with one attached hydrogen (secondary N) is 1. The van der Waals surface area contributed by atoms with Gasteiger partial charge in [-0.15, -0.1) is 0 Å². The van der Waals surface area contributed by atoms with Crippen LogP contribution in [0.2, 0.25) is 10.0 Å². The van der Waals surface area contributed by atoms with Crippen LogP contribution in [0.25, 0.3) is 0 Å². The fraction of sp³-hybridized carbons (Fsp3) is 0.429. The molecule has 3 nitrogen and oxygen atoms in total. The highest BCUT2D eigenvalue weighted by Crippen LogP contribution is 2.35. The van der Waals surface area contributed by atoms with Crippen LogP contribution in [0.5, 0.6) is 11.5 Å². The highest BCUT2D eigenvalue weighted by Gasteiger charge is 2.12. The smallest absolute Gasteiger partial charge is 0.162 e. The first-order chi connectivity index (χ1) is 12.9. The monoisotopic (exact) mass is 473 g/mol. The van der Waals surface area contributed by atoms with E-state index in [1.807, 2.05) is 25.1 Å². The van der Waals surface area contributed by atoms with Crippen LogP contribution in [0.3, 0.4) is 0 Å². The second-order valence-corrected chi connectivity index (χ2v) is 8.41. The van der Waals surface area contributed by atoms with Crippen LogP contribution in [0.15, 0.2) is 34.8 Å². The molecule has 0 aliphatic carbocycles. The minimum atomic E-state index is 0.342. The van der Waals surface area contributed by atoms with E-state index >= 15 is 0 Å². The average Bonchev–Trinajstić information content (AvgIpc) is 2.60. The maximum atomic E-state index is 6.23. The zero-order valence-electron chi connectivity index (χ0n) is 16.0. The molecule has 2 rings (SSSR count). The van der Waals surface area contributed by atoms with Gasteiger partial charge in [0, 0.05) is 26.6 Å². The van der Waals surface area contributed by atoms with E-state index in [2.05, 4.69) is 35.1 Å². The van der Waals surface area contributed by atoms with Gasteiger partial charge in [0.1, 0.15) is 6.61 Å². The lowest BCUT2D eigenvalue weighted by atomic mass is 10.1. The predicted molar refractivity (Wildman–Crippen MR) is 117 cm³/mol. The molecule has 0 fully saturated rings. The van der Waals surface area contributed by atoms with Crippen LogP contribution in [0.1, 0.15) is 38.3 Å². The number of rotatable bonds is 10. The van der Waals surface area contributed by atoms with E-state index in [4.69, 9.17) is 32.7 Å². The van der Waals surface area contributed by atoms with Gasteiger partial charge in [-0.1, -0.05) is 59.0 Å². The number of hydrogen-bond donors (Lipinski definition) is 1. The Morgan fingerprint density at radius 1 is 1.04 bits per heavy atom. The van der Waals surface area contributed by atoms with Crippen molar-refractivity contribution in [3.8, 4) is 11.5 Å². The Morgan fingerprint density at radius 2 is 1.78 bits per heavy atom. The van der Waals surface area contributed by atoms with Crippen molar-refractivity contribution in [1.29, 1.82) is 0 Å². The lowest BCUT2D eigenvalue weighted by molar-refractivity contribution is 0.269. The zero-order valence-corrected chi connectivity index (χ0v) is 19.0. The first-order valence-electron chi connectivity index (χ1n) is 9.13. The van der Waals surface area contributed by atoms with E-state index in [0.29, 0.717) is 34.9 Å². The fourth-order valence-corrected chi connectivity index (χ4v) is 3.43. The Bertz CT molecular complexity index is 753. The maximum absolute atomic E-state index is 6.23. The predicted octanol–water partition coefficient (Wildman–Crippen LogP) is 6.87. The van der Waals surface area contributed by atoms with Crippen LogP contribution in [-0.4, -0.2) is 13.2 Å². The molecule has 0 atom stereocenters. The molecule has 0 aromatic heterocycles. The average molecular weight is 475 g/mol. The molecule has 0 amide bonds. The minimum absolute atomic E-state index is 0.342. The van der Waals surface area contributed by atoms with Crippen molar-refractivity contribution in [2.45, 2.75) is 40.3 Å². The molecular weight excluding hydrogens is 449 g/mol. The lowest BCUT2D eigenvalue weighted by Crippen LogP contribution is -2.16. The van der Waals surface area contributed by atoms with Gasteiger partial charge in [0.2, 0.25) is 0 Å². The summed E-state index contributed by atoms with van der Waals surface area (Å²) < 4.78 is 12.8. The van der Waals surface area contributed by atoms with Crippen molar-refractivity contribution >= 4 is 39.1 Å². The molecule has 0 radical (unpaired) electrons. The number of hydrogen-bond acceptors (Lipinski definition) is 3. The number of ether oxygens (including phenoxy) is 2. The van der Waals surface area contributed by atoms with Gasteiger partial charge in [0.05, 0.1) is 6.61 Å². The van der Waals surface area contributed by atoms with Gasteiger partial charge in [-0.25, -0.2) is 0 Å². The van der Waals surface area contributed by atoms with Crippen molar-refractivity contribution in [2.75, 3.05) is 13.2 Å². The normalized spacial score (nSPS) is 11.1. The van der Waals surface area contributed by atoms with Crippen molar-refractivity contribution in [3.05, 3.63) is 56.0 Å². The van der Waals surface area contributed by atoms with E-state index in [1.165, 1.54) is 0 Å². The Balaban J connectivity index is 2.09. The summed E-state index contributed by atoms with van der Waals surface area (Å²) >= 11 is 15.8. The lowest BCUT2D eigenvalue weighted by Gasteiger charge is -2.16. The third-order valence-electron chi connectivity index (χ3n) is 4.02. The molecule has 0 heterocycles. The minimum Gasteiger partial charge on any atom is -0.490 e. The summed E-state index contributed by atoms with van der Waals surface area (Å²) in [5, 5.41) is 4.67. The van der Waals surface area contributed by atoms with Gasteiger partial charge in [-0.05, 0) is 55.6 Å². The topological polar surface area (TPSA) is 30.5 Å². The van der Waals surface area contributed by atoms with Crippen molar-refractivity contribution in [2.24, 2.45) is 5.92 Å². The summed E-state index contributed by atoms with van der Waals surface area (Å²) in [5.41, 5.74) is 2.01. The molecule has 2 aromatic rings. The van der Waals surface area contributed by atoms with Crippen LogP contribution in [-0.2, 0) is 13.2 Å². The van der Waals surface area contributed by atoms with E-state index in [-0.39, 0.29) is 0 Å². The van der Waals surface area contributed by atoms with Gasteiger partial charge in [0.25, 0.3) is 0 Å². The SMILES string of the molecule is CCOc1cc(CNCCC(C)C)c(Br)cc1OCc1ccc(Cl)cc1Cl. The molecule has 0 bridgehead atoms. The molecule has 148 valence electrons. The van der Waals surface area contributed by atoms with Gasteiger partial charge >= 0.3 is 0 Å². The standard InChI is InChI=1S/C21H26BrCl2NO2/c1-4-26-20-9-16(12-25-8-7-14(2)3)18(22)11-21(20)27-13-15-5-6-17(23)10-19(15)24/h5-6,9-11,14,25H,4,7-8,12-13H2,1-3H3. The molecule has 0 spiro atoms. The van der Waals surface area contributed by atoms with Gasteiger partial charge in [0.15, 0.2) is 11.5 Å².